The van der Waals surface area contributed by atoms with Crippen LogP contribution in [0.5, 0.6) is 0 Å². The molecule has 3 aromatic rings. The van der Waals surface area contributed by atoms with Crippen molar-refractivity contribution in [2.75, 3.05) is 24.9 Å². The molecule has 8 nitrogen and oxygen atoms in total. The van der Waals surface area contributed by atoms with Gasteiger partial charge in [-0.1, -0.05) is 85.8 Å². The first-order valence-electron chi connectivity index (χ1n) is 13.1. The first kappa shape index (κ1) is 29.9. The number of amides is 2. The number of nitrogens with zero attached hydrogens (tertiary/aromatic N) is 3. The van der Waals surface area contributed by atoms with E-state index >= 15 is 0 Å². The molecule has 0 spiro atoms. The molecule has 0 saturated heterocycles. The fourth-order valence-corrected chi connectivity index (χ4v) is 5.14. The van der Waals surface area contributed by atoms with E-state index in [9.17, 15) is 18.0 Å². The van der Waals surface area contributed by atoms with Crippen LogP contribution < -0.4 is 9.62 Å². The van der Waals surface area contributed by atoms with Gasteiger partial charge >= 0.3 is 10.2 Å². The van der Waals surface area contributed by atoms with Crippen LogP contribution in [0.15, 0.2) is 91.0 Å². The summed E-state index contributed by atoms with van der Waals surface area (Å²) in [5.41, 5.74) is 2.10. The van der Waals surface area contributed by atoms with Gasteiger partial charge in [-0.25, -0.2) is 4.31 Å². The van der Waals surface area contributed by atoms with Gasteiger partial charge in [0.2, 0.25) is 11.8 Å². The summed E-state index contributed by atoms with van der Waals surface area (Å²) in [5.74, 6) is -0.757. The molecule has 9 heteroatoms. The van der Waals surface area contributed by atoms with Crippen molar-refractivity contribution >= 4 is 27.7 Å². The molecular weight excluding hydrogens is 512 g/mol. The average Bonchev–Trinajstić information content (AvgIpc) is 2.94. The molecule has 0 unspecified atom stereocenters. The zero-order chi connectivity index (χ0) is 28.4. The predicted octanol–water partition coefficient (Wildman–Crippen LogP) is 3.85. The van der Waals surface area contributed by atoms with Crippen LogP contribution in [0.2, 0.25) is 0 Å². The summed E-state index contributed by atoms with van der Waals surface area (Å²) in [6.45, 7) is 3.59. The molecule has 1 N–H and O–H groups in total. The number of benzene rings is 3. The van der Waals surface area contributed by atoms with E-state index in [1.165, 1.54) is 19.0 Å². The van der Waals surface area contributed by atoms with Crippen LogP contribution in [0.3, 0.4) is 0 Å². The zero-order valence-corrected chi connectivity index (χ0v) is 23.8. The molecule has 39 heavy (non-hydrogen) atoms. The SMILES string of the molecule is CC[C@@H](C)NC(=O)[C@@H](Cc1ccccc1)N(Cc1ccccc1)C(=O)CN(c1ccccc1)S(=O)(=O)N(C)C. The number of hydrogen-bond donors (Lipinski definition) is 1. The molecule has 0 aromatic heterocycles. The molecule has 0 aliphatic rings. The van der Waals surface area contributed by atoms with Crippen LogP contribution >= 0.6 is 0 Å². The van der Waals surface area contributed by atoms with Gasteiger partial charge in [-0.15, -0.1) is 0 Å². The quantitative estimate of drug-likeness (QED) is 0.350. The fraction of sp³-hybridized carbons (Fsp3) is 0.333. The van der Waals surface area contributed by atoms with E-state index in [1.807, 2.05) is 74.5 Å². The van der Waals surface area contributed by atoms with Crippen LogP contribution in [0.1, 0.15) is 31.4 Å². The minimum atomic E-state index is -4.00. The normalized spacial score (nSPS) is 12.9. The Balaban J connectivity index is 2.06. The summed E-state index contributed by atoms with van der Waals surface area (Å²) >= 11 is 0. The van der Waals surface area contributed by atoms with Gasteiger partial charge in [-0.3, -0.25) is 9.59 Å². The second-order valence-electron chi connectivity index (χ2n) is 9.66. The number of anilines is 1. The Morgan fingerprint density at radius 1 is 0.821 bits per heavy atom. The molecule has 0 heterocycles. The lowest BCUT2D eigenvalue weighted by Crippen LogP contribution is -2.55. The number of carbonyl (C=O) groups excluding carboxylic acids is 2. The third-order valence-electron chi connectivity index (χ3n) is 6.53. The topological polar surface area (TPSA) is 90.0 Å². The highest BCUT2D eigenvalue weighted by Gasteiger charge is 2.34. The van der Waals surface area contributed by atoms with Crippen molar-refractivity contribution in [3.8, 4) is 0 Å². The largest absolute Gasteiger partial charge is 0.352 e. The second-order valence-corrected chi connectivity index (χ2v) is 11.7. The first-order chi connectivity index (χ1) is 18.6. The van der Waals surface area contributed by atoms with Crippen LogP contribution in [-0.2, 0) is 32.8 Å². The van der Waals surface area contributed by atoms with Crippen molar-refractivity contribution in [2.45, 2.75) is 45.3 Å². The van der Waals surface area contributed by atoms with Gasteiger partial charge in [0.15, 0.2) is 0 Å². The fourth-order valence-electron chi connectivity index (χ4n) is 4.09. The van der Waals surface area contributed by atoms with E-state index in [2.05, 4.69) is 5.32 Å². The first-order valence-corrected chi connectivity index (χ1v) is 14.5. The summed E-state index contributed by atoms with van der Waals surface area (Å²) in [6, 6.07) is 26.5. The van der Waals surface area contributed by atoms with E-state index in [1.54, 1.807) is 30.3 Å². The van der Waals surface area contributed by atoms with Gasteiger partial charge in [0.05, 0.1) is 5.69 Å². The Morgan fingerprint density at radius 3 is 1.85 bits per heavy atom. The average molecular weight is 551 g/mol. The number of hydrogen-bond acceptors (Lipinski definition) is 4. The molecule has 3 rings (SSSR count). The molecule has 0 bridgehead atoms. The third kappa shape index (κ3) is 8.15. The maximum absolute atomic E-state index is 14.1. The van der Waals surface area contributed by atoms with Crippen molar-refractivity contribution in [1.82, 2.24) is 14.5 Å². The Kier molecular flexibility index (Phi) is 10.7. The summed E-state index contributed by atoms with van der Waals surface area (Å²) < 4.78 is 28.8. The lowest BCUT2D eigenvalue weighted by molar-refractivity contribution is -0.140. The molecule has 0 saturated carbocycles. The highest BCUT2D eigenvalue weighted by Crippen LogP contribution is 2.21. The minimum absolute atomic E-state index is 0.0839. The molecule has 0 fully saturated rings. The van der Waals surface area contributed by atoms with Crippen LogP contribution in [0.25, 0.3) is 0 Å². The highest BCUT2D eigenvalue weighted by molar-refractivity contribution is 7.90. The van der Waals surface area contributed by atoms with Crippen LogP contribution in [-0.4, -0.2) is 62.2 Å². The number of para-hydroxylation sites is 1. The van der Waals surface area contributed by atoms with Gasteiger partial charge in [0, 0.05) is 33.1 Å². The van der Waals surface area contributed by atoms with Crippen molar-refractivity contribution in [1.29, 1.82) is 0 Å². The standard InChI is InChI=1S/C30H38N4O4S/c1-5-24(2)31-30(36)28(21-25-15-9-6-10-16-25)33(22-26-17-11-7-12-18-26)29(35)23-34(39(37,38)32(3)4)27-19-13-8-14-20-27/h6-20,24,28H,5,21-23H2,1-4H3,(H,31,36)/t24-,28-/m1/s1. The summed E-state index contributed by atoms with van der Waals surface area (Å²) in [4.78, 5) is 29.3. The lowest BCUT2D eigenvalue weighted by Gasteiger charge is -2.34. The van der Waals surface area contributed by atoms with Crippen molar-refractivity contribution in [3.63, 3.8) is 0 Å². The van der Waals surface area contributed by atoms with Crippen LogP contribution in [0, 0.1) is 0 Å². The van der Waals surface area contributed by atoms with Gasteiger partial charge in [-0.2, -0.15) is 12.7 Å². The van der Waals surface area contributed by atoms with Gasteiger partial charge in [-0.05, 0) is 36.6 Å². The number of nitrogens with one attached hydrogen (secondary N) is 1. The van der Waals surface area contributed by atoms with Crippen molar-refractivity contribution in [3.05, 3.63) is 102 Å². The Bertz CT molecular complexity index is 1300. The maximum atomic E-state index is 14.1. The minimum Gasteiger partial charge on any atom is -0.352 e. The van der Waals surface area contributed by atoms with E-state index < -0.39 is 28.7 Å². The zero-order valence-electron chi connectivity index (χ0n) is 23.0. The lowest BCUT2D eigenvalue weighted by atomic mass is 10.0. The second kappa shape index (κ2) is 13.9. The van der Waals surface area contributed by atoms with Crippen LogP contribution in [0.4, 0.5) is 5.69 Å². The molecule has 0 radical (unpaired) electrons. The van der Waals surface area contributed by atoms with E-state index in [0.717, 1.165) is 26.2 Å². The number of rotatable bonds is 13. The monoisotopic (exact) mass is 550 g/mol. The molecule has 2 atom stereocenters. The van der Waals surface area contributed by atoms with Crippen molar-refractivity contribution < 1.29 is 18.0 Å². The van der Waals surface area contributed by atoms with Gasteiger partial charge < -0.3 is 10.2 Å². The Morgan fingerprint density at radius 2 is 1.33 bits per heavy atom. The molecule has 3 aromatic carbocycles. The van der Waals surface area contributed by atoms with Gasteiger partial charge in [0.25, 0.3) is 0 Å². The predicted molar refractivity (Wildman–Crippen MR) is 155 cm³/mol. The van der Waals surface area contributed by atoms with Crippen molar-refractivity contribution in [2.24, 2.45) is 0 Å². The summed E-state index contributed by atoms with van der Waals surface area (Å²) in [5, 5.41) is 3.03. The Labute approximate surface area is 232 Å². The molecule has 0 aliphatic carbocycles. The molecular formula is C30H38N4O4S. The van der Waals surface area contributed by atoms with E-state index in [0.29, 0.717) is 5.69 Å². The smallest absolute Gasteiger partial charge is 0.304 e. The number of carbonyl (C=O) groups is 2. The molecule has 208 valence electrons. The third-order valence-corrected chi connectivity index (χ3v) is 8.35. The van der Waals surface area contributed by atoms with E-state index in [4.69, 9.17) is 0 Å². The Hall–Kier alpha value is -3.69. The highest BCUT2D eigenvalue weighted by atomic mass is 32.2. The summed E-state index contributed by atoms with van der Waals surface area (Å²) in [7, 11) is -1.15. The summed E-state index contributed by atoms with van der Waals surface area (Å²) in [6.07, 6.45) is 1.02. The van der Waals surface area contributed by atoms with Gasteiger partial charge in [0.1, 0.15) is 12.6 Å². The maximum Gasteiger partial charge on any atom is 0.304 e. The molecule has 2 amide bonds. The van der Waals surface area contributed by atoms with E-state index in [-0.39, 0.29) is 24.9 Å². The molecule has 0 aliphatic heterocycles.